The molecule has 0 aromatic rings. The maximum atomic E-state index is 11.9. The van der Waals surface area contributed by atoms with Crippen LogP contribution in [0.1, 0.15) is 72.1 Å². The van der Waals surface area contributed by atoms with Gasteiger partial charge in [0.2, 0.25) is 0 Å². The van der Waals surface area contributed by atoms with Crippen molar-refractivity contribution in [2.24, 2.45) is 5.92 Å². The molecule has 0 aliphatic carbocycles. The topological polar surface area (TPSA) is 63.2 Å². The van der Waals surface area contributed by atoms with Gasteiger partial charge in [-0.05, 0) is 19.3 Å². The van der Waals surface area contributed by atoms with Crippen LogP contribution in [0.2, 0.25) is 0 Å². The van der Waals surface area contributed by atoms with Gasteiger partial charge in [0.1, 0.15) is 6.61 Å². The summed E-state index contributed by atoms with van der Waals surface area (Å²) in [5.74, 6) is -0.0763. The molecule has 0 rings (SSSR count). The fourth-order valence-electron chi connectivity index (χ4n) is 2.65. The van der Waals surface area contributed by atoms with Crippen LogP contribution < -0.4 is 0 Å². The first-order valence-electron chi connectivity index (χ1n) is 11.2. The van der Waals surface area contributed by atoms with Crippen molar-refractivity contribution < 1.29 is 28.5 Å². The van der Waals surface area contributed by atoms with Gasteiger partial charge in [0.15, 0.2) is 0 Å². The van der Waals surface area contributed by atoms with Crippen LogP contribution in [0.25, 0.3) is 0 Å². The molecule has 28 heavy (non-hydrogen) atoms. The smallest absolute Gasteiger partial charge is 0.308 e. The van der Waals surface area contributed by atoms with Crippen molar-refractivity contribution >= 4 is 5.97 Å². The summed E-state index contributed by atoms with van der Waals surface area (Å²) in [6.45, 7) is 11.3. The minimum atomic E-state index is -0.0992. The van der Waals surface area contributed by atoms with Crippen LogP contribution >= 0.6 is 0 Å². The molecule has 168 valence electrons. The van der Waals surface area contributed by atoms with Gasteiger partial charge in [-0.2, -0.15) is 0 Å². The lowest BCUT2D eigenvalue weighted by Crippen LogP contribution is -2.20. The van der Waals surface area contributed by atoms with Crippen molar-refractivity contribution in [3.63, 3.8) is 0 Å². The van der Waals surface area contributed by atoms with E-state index in [9.17, 15) is 4.79 Å². The van der Waals surface area contributed by atoms with Gasteiger partial charge in [-0.15, -0.1) is 0 Å². The fraction of sp³-hybridized carbons (Fsp3) is 0.955. The van der Waals surface area contributed by atoms with E-state index in [1.54, 1.807) is 0 Å². The van der Waals surface area contributed by atoms with Gasteiger partial charge in [0, 0.05) is 6.61 Å². The fourth-order valence-corrected chi connectivity index (χ4v) is 2.65. The van der Waals surface area contributed by atoms with E-state index in [1.165, 1.54) is 19.3 Å². The van der Waals surface area contributed by atoms with Gasteiger partial charge in [-0.25, -0.2) is 0 Å². The Hall–Kier alpha value is -0.690. The lowest BCUT2D eigenvalue weighted by Gasteiger charge is -2.13. The number of carbonyl (C=O) groups excluding carboxylic acids is 1. The predicted molar refractivity (Wildman–Crippen MR) is 112 cm³/mol. The van der Waals surface area contributed by atoms with Crippen LogP contribution in [0.4, 0.5) is 0 Å². The standard InChI is InChI=1S/C22H44O6/c1-4-7-9-10-12-24-13-14-25-15-16-26-17-18-27-19-20-28-22(23)21(6-3)11-8-5-2/h21H,4-20H2,1-3H3. The van der Waals surface area contributed by atoms with E-state index in [1.807, 2.05) is 6.92 Å². The number of ether oxygens (including phenoxy) is 5. The Bertz CT molecular complexity index is 324. The van der Waals surface area contributed by atoms with Crippen molar-refractivity contribution in [1.82, 2.24) is 0 Å². The van der Waals surface area contributed by atoms with Crippen LogP contribution in [-0.2, 0) is 28.5 Å². The zero-order valence-corrected chi connectivity index (χ0v) is 18.5. The first kappa shape index (κ1) is 27.3. The highest BCUT2D eigenvalue weighted by atomic mass is 16.6. The van der Waals surface area contributed by atoms with E-state index in [-0.39, 0.29) is 11.9 Å². The van der Waals surface area contributed by atoms with Gasteiger partial charge < -0.3 is 23.7 Å². The molecule has 6 heteroatoms. The second-order valence-corrected chi connectivity index (χ2v) is 6.93. The molecule has 0 aliphatic rings. The van der Waals surface area contributed by atoms with Crippen molar-refractivity contribution in [2.75, 3.05) is 59.5 Å². The summed E-state index contributed by atoms with van der Waals surface area (Å²) in [6, 6.07) is 0. The monoisotopic (exact) mass is 404 g/mol. The molecule has 6 nitrogen and oxygen atoms in total. The summed E-state index contributed by atoms with van der Waals surface area (Å²) in [5, 5.41) is 0. The Kier molecular flexibility index (Phi) is 22.0. The Labute approximate surface area is 172 Å². The van der Waals surface area contributed by atoms with Gasteiger partial charge in [0.25, 0.3) is 0 Å². The highest BCUT2D eigenvalue weighted by Crippen LogP contribution is 2.14. The Morgan fingerprint density at radius 2 is 1.11 bits per heavy atom. The van der Waals surface area contributed by atoms with Gasteiger partial charge in [-0.3, -0.25) is 4.79 Å². The first-order valence-corrected chi connectivity index (χ1v) is 11.2. The van der Waals surface area contributed by atoms with Gasteiger partial charge in [0.05, 0.1) is 52.2 Å². The highest BCUT2D eigenvalue weighted by Gasteiger charge is 2.16. The number of hydrogen-bond donors (Lipinski definition) is 0. The van der Waals surface area contributed by atoms with E-state index >= 15 is 0 Å². The average Bonchev–Trinajstić information content (AvgIpc) is 2.70. The molecule has 1 atom stereocenters. The third-order valence-corrected chi connectivity index (χ3v) is 4.46. The normalized spacial score (nSPS) is 12.2. The summed E-state index contributed by atoms with van der Waals surface area (Å²) in [7, 11) is 0. The second kappa shape index (κ2) is 22.6. The zero-order chi connectivity index (χ0) is 20.7. The maximum absolute atomic E-state index is 11.9. The van der Waals surface area contributed by atoms with E-state index in [2.05, 4.69) is 13.8 Å². The SMILES string of the molecule is CCCCCCOCCOCCOCCOCCOC(=O)C(CC)CCCC. The first-order chi connectivity index (χ1) is 13.8. The summed E-state index contributed by atoms with van der Waals surface area (Å²) in [4.78, 5) is 11.9. The molecule has 0 heterocycles. The predicted octanol–water partition coefficient (Wildman–Crippen LogP) is 4.39. The minimum absolute atomic E-state index is 0.0229. The number of carbonyl (C=O) groups is 1. The number of unbranched alkanes of at least 4 members (excludes halogenated alkanes) is 4. The Morgan fingerprint density at radius 3 is 1.61 bits per heavy atom. The third-order valence-electron chi connectivity index (χ3n) is 4.46. The van der Waals surface area contributed by atoms with Crippen LogP contribution in [0.15, 0.2) is 0 Å². The minimum Gasteiger partial charge on any atom is -0.463 e. The highest BCUT2D eigenvalue weighted by molar-refractivity contribution is 5.72. The van der Waals surface area contributed by atoms with E-state index in [0.29, 0.717) is 52.9 Å². The van der Waals surface area contributed by atoms with E-state index in [4.69, 9.17) is 23.7 Å². The second-order valence-electron chi connectivity index (χ2n) is 6.93. The molecular formula is C22H44O6. The van der Waals surface area contributed by atoms with Crippen LogP contribution in [0, 0.1) is 5.92 Å². The molecule has 0 radical (unpaired) electrons. The summed E-state index contributed by atoms with van der Waals surface area (Å²) in [5.41, 5.74) is 0. The average molecular weight is 405 g/mol. The Morgan fingerprint density at radius 1 is 0.607 bits per heavy atom. The quantitative estimate of drug-likeness (QED) is 0.197. The van der Waals surface area contributed by atoms with Crippen molar-refractivity contribution in [3.8, 4) is 0 Å². The van der Waals surface area contributed by atoms with Crippen LogP contribution in [0.3, 0.4) is 0 Å². The van der Waals surface area contributed by atoms with Crippen LogP contribution in [-0.4, -0.2) is 65.4 Å². The van der Waals surface area contributed by atoms with Gasteiger partial charge in [-0.1, -0.05) is 52.9 Å². The molecule has 0 N–H and O–H groups in total. The molecule has 0 spiro atoms. The summed E-state index contributed by atoms with van der Waals surface area (Å²) >= 11 is 0. The maximum Gasteiger partial charge on any atom is 0.308 e. The third kappa shape index (κ3) is 18.7. The number of rotatable bonds is 22. The lowest BCUT2D eigenvalue weighted by atomic mass is 10.00. The molecule has 0 fully saturated rings. The molecular weight excluding hydrogens is 360 g/mol. The molecule has 0 aliphatic heterocycles. The lowest BCUT2D eigenvalue weighted by molar-refractivity contribution is -0.150. The van der Waals surface area contributed by atoms with Crippen LogP contribution in [0.5, 0.6) is 0 Å². The zero-order valence-electron chi connectivity index (χ0n) is 18.5. The molecule has 0 saturated heterocycles. The Balaban J connectivity index is 3.24. The molecule has 0 aromatic heterocycles. The van der Waals surface area contributed by atoms with Crippen molar-refractivity contribution in [1.29, 1.82) is 0 Å². The van der Waals surface area contributed by atoms with Gasteiger partial charge >= 0.3 is 5.97 Å². The van der Waals surface area contributed by atoms with Crippen molar-refractivity contribution in [3.05, 3.63) is 0 Å². The van der Waals surface area contributed by atoms with E-state index in [0.717, 1.165) is 38.7 Å². The van der Waals surface area contributed by atoms with E-state index < -0.39 is 0 Å². The molecule has 0 saturated carbocycles. The summed E-state index contributed by atoms with van der Waals surface area (Å²) < 4.78 is 27.1. The molecule has 0 aromatic carbocycles. The molecule has 1 unspecified atom stereocenters. The molecule has 0 bridgehead atoms. The molecule has 0 amide bonds. The van der Waals surface area contributed by atoms with Crippen molar-refractivity contribution in [2.45, 2.75) is 72.1 Å². The number of hydrogen-bond acceptors (Lipinski definition) is 6. The summed E-state index contributed by atoms with van der Waals surface area (Å²) in [6.07, 6.45) is 8.82. The largest absolute Gasteiger partial charge is 0.463 e. The number of esters is 1.